The highest BCUT2D eigenvalue weighted by molar-refractivity contribution is 9.10. The Labute approximate surface area is 191 Å². The van der Waals surface area contributed by atoms with Crippen LogP contribution in [0.5, 0.6) is 11.5 Å². The first-order chi connectivity index (χ1) is 14.5. The van der Waals surface area contributed by atoms with Crippen molar-refractivity contribution in [3.8, 4) is 11.5 Å². The Hall–Kier alpha value is -1.34. The Balaban J connectivity index is 1.65. The second kappa shape index (κ2) is 11.3. The average Bonchev–Trinajstić information content (AvgIpc) is 3.17. The van der Waals surface area contributed by atoms with Crippen LogP contribution in [-0.4, -0.2) is 37.2 Å². The van der Waals surface area contributed by atoms with E-state index in [1.165, 1.54) is 31.5 Å². The molecule has 0 aromatic heterocycles. The van der Waals surface area contributed by atoms with Gasteiger partial charge in [-0.2, -0.15) is 0 Å². The number of nitrogens with one attached hydrogen (secondary N) is 1. The van der Waals surface area contributed by atoms with E-state index in [-0.39, 0.29) is 12.4 Å². The van der Waals surface area contributed by atoms with E-state index in [0.29, 0.717) is 29.2 Å². The molecule has 1 aliphatic heterocycles. The SMILES string of the molecule is CCOc1cc(CNCC2CCCN2CC)c(Br)cc1OCc1ccc(F)cc1Cl. The first kappa shape index (κ1) is 23.3. The number of likely N-dealkylation sites (tertiary alicyclic amines) is 1. The van der Waals surface area contributed by atoms with Gasteiger partial charge in [0.1, 0.15) is 12.4 Å². The zero-order valence-electron chi connectivity index (χ0n) is 17.5. The van der Waals surface area contributed by atoms with Gasteiger partial charge in [-0.25, -0.2) is 4.39 Å². The average molecular weight is 500 g/mol. The lowest BCUT2D eigenvalue weighted by Crippen LogP contribution is -2.37. The largest absolute Gasteiger partial charge is 0.490 e. The van der Waals surface area contributed by atoms with Gasteiger partial charge in [-0.05, 0) is 62.7 Å². The summed E-state index contributed by atoms with van der Waals surface area (Å²) in [6.45, 7) is 8.97. The fourth-order valence-corrected chi connectivity index (χ4v) is 4.49. The van der Waals surface area contributed by atoms with E-state index >= 15 is 0 Å². The molecule has 3 rings (SSSR count). The zero-order chi connectivity index (χ0) is 21.5. The van der Waals surface area contributed by atoms with Gasteiger partial charge in [0.15, 0.2) is 11.5 Å². The Bertz CT molecular complexity index is 852. The molecule has 0 aliphatic carbocycles. The summed E-state index contributed by atoms with van der Waals surface area (Å²) >= 11 is 9.77. The van der Waals surface area contributed by atoms with Gasteiger partial charge in [-0.15, -0.1) is 0 Å². The maximum Gasteiger partial charge on any atom is 0.162 e. The molecule has 1 N–H and O–H groups in total. The minimum atomic E-state index is -0.363. The number of hydrogen-bond donors (Lipinski definition) is 1. The molecule has 1 atom stereocenters. The lowest BCUT2D eigenvalue weighted by molar-refractivity contribution is 0.259. The van der Waals surface area contributed by atoms with Crippen molar-refractivity contribution in [1.82, 2.24) is 10.2 Å². The minimum Gasteiger partial charge on any atom is -0.490 e. The molecule has 0 radical (unpaired) electrons. The van der Waals surface area contributed by atoms with Crippen LogP contribution in [0.2, 0.25) is 5.02 Å². The highest BCUT2D eigenvalue weighted by atomic mass is 79.9. The van der Waals surface area contributed by atoms with E-state index in [4.69, 9.17) is 21.1 Å². The molecule has 2 aromatic rings. The van der Waals surface area contributed by atoms with Gasteiger partial charge in [0.2, 0.25) is 0 Å². The summed E-state index contributed by atoms with van der Waals surface area (Å²) in [6, 6.07) is 8.85. The minimum absolute atomic E-state index is 0.234. The van der Waals surface area contributed by atoms with Gasteiger partial charge in [-0.3, -0.25) is 4.90 Å². The second-order valence-corrected chi connectivity index (χ2v) is 8.66. The molecular weight excluding hydrogens is 471 g/mol. The van der Waals surface area contributed by atoms with E-state index in [1.54, 1.807) is 6.07 Å². The van der Waals surface area contributed by atoms with Crippen LogP contribution in [0.15, 0.2) is 34.8 Å². The Kier molecular flexibility index (Phi) is 8.81. The number of likely N-dealkylation sites (N-methyl/N-ethyl adjacent to an activating group) is 1. The van der Waals surface area contributed by atoms with E-state index in [1.807, 2.05) is 19.1 Å². The summed E-state index contributed by atoms with van der Waals surface area (Å²) in [7, 11) is 0. The van der Waals surface area contributed by atoms with Crippen LogP contribution in [0.3, 0.4) is 0 Å². The Morgan fingerprint density at radius 1 is 1.17 bits per heavy atom. The molecule has 4 nitrogen and oxygen atoms in total. The molecule has 7 heteroatoms. The number of rotatable bonds is 10. The van der Waals surface area contributed by atoms with E-state index in [0.717, 1.165) is 35.2 Å². The summed E-state index contributed by atoms with van der Waals surface area (Å²) < 4.78 is 26.0. The fourth-order valence-electron chi connectivity index (χ4n) is 3.80. The van der Waals surface area contributed by atoms with E-state index in [2.05, 4.69) is 33.1 Å². The summed E-state index contributed by atoms with van der Waals surface area (Å²) in [4.78, 5) is 2.53. The number of halogens is 3. The van der Waals surface area contributed by atoms with Gasteiger partial charge in [-0.1, -0.05) is 40.5 Å². The van der Waals surface area contributed by atoms with Crippen LogP contribution in [0, 0.1) is 5.82 Å². The molecule has 0 saturated carbocycles. The number of ether oxygens (including phenoxy) is 2. The third-order valence-corrected chi connectivity index (χ3v) is 6.50. The maximum absolute atomic E-state index is 13.3. The molecule has 0 amide bonds. The predicted octanol–water partition coefficient (Wildman–Crippen LogP) is 5.79. The van der Waals surface area contributed by atoms with Crippen molar-refractivity contribution in [2.24, 2.45) is 0 Å². The van der Waals surface area contributed by atoms with Crippen LogP contribution < -0.4 is 14.8 Å². The monoisotopic (exact) mass is 498 g/mol. The third-order valence-electron chi connectivity index (χ3n) is 5.41. The smallest absolute Gasteiger partial charge is 0.162 e. The first-order valence-electron chi connectivity index (χ1n) is 10.5. The standard InChI is InChI=1S/C23H29BrClFN2O2/c1-3-28-9-5-6-19(28)14-27-13-17-10-22(29-4-2)23(12-20(17)24)30-15-16-7-8-18(26)11-21(16)25/h7-8,10-12,19,27H,3-6,9,13-15H2,1-2H3. The van der Waals surface area contributed by atoms with Crippen LogP contribution in [0.25, 0.3) is 0 Å². The van der Waals surface area contributed by atoms with E-state index in [9.17, 15) is 4.39 Å². The molecule has 0 spiro atoms. The van der Waals surface area contributed by atoms with Crippen molar-refractivity contribution in [1.29, 1.82) is 0 Å². The summed E-state index contributed by atoms with van der Waals surface area (Å²) in [5, 5.41) is 3.94. The van der Waals surface area contributed by atoms with Gasteiger partial charge < -0.3 is 14.8 Å². The quantitative estimate of drug-likeness (QED) is 0.448. The third kappa shape index (κ3) is 6.10. The highest BCUT2D eigenvalue weighted by Crippen LogP contribution is 2.35. The Morgan fingerprint density at radius 3 is 2.70 bits per heavy atom. The Morgan fingerprint density at radius 2 is 1.97 bits per heavy atom. The van der Waals surface area contributed by atoms with Crippen molar-refractivity contribution in [3.63, 3.8) is 0 Å². The van der Waals surface area contributed by atoms with Gasteiger partial charge >= 0.3 is 0 Å². The summed E-state index contributed by atoms with van der Waals surface area (Å²) in [5.74, 6) is 0.950. The molecule has 1 heterocycles. The zero-order valence-corrected chi connectivity index (χ0v) is 19.9. The van der Waals surface area contributed by atoms with Crippen molar-refractivity contribution < 1.29 is 13.9 Å². The fraction of sp³-hybridized carbons (Fsp3) is 0.478. The van der Waals surface area contributed by atoms with Gasteiger partial charge in [0.05, 0.1) is 11.6 Å². The second-order valence-electron chi connectivity index (χ2n) is 7.40. The van der Waals surface area contributed by atoms with Crippen LogP contribution >= 0.6 is 27.5 Å². The lowest BCUT2D eigenvalue weighted by atomic mass is 10.1. The van der Waals surface area contributed by atoms with Crippen molar-refractivity contribution in [3.05, 3.63) is 56.8 Å². The van der Waals surface area contributed by atoms with Crippen molar-refractivity contribution in [2.75, 3.05) is 26.2 Å². The van der Waals surface area contributed by atoms with Crippen LogP contribution in [0.1, 0.15) is 37.8 Å². The first-order valence-corrected chi connectivity index (χ1v) is 11.7. The van der Waals surface area contributed by atoms with Gasteiger partial charge in [0.25, 0.3) is 0 Å². The molecule has 164 valence electrons. The molecular formula is C23H29BrClFN2O2. The molecule has 1 aliphatic rings. The molecule has 0 bridgehead atoms. The molecule has 1 saturated heterocycles. The van der Waals surface area contributed by atoms with Crippen molar-refractivity contribution >= 4 is 27.5 Å². The van der Waals surface area contributed by atoms with Crippen LogP contribution in [0.4, 0.5) is 4.39 Å². The molecule has 30 heavy (non-hydrogen) atoms. The number of nitrogens with zero attached hydrogens (tertiary/aromatic N) is 1. The molecule has 2 aromatic carbocycles. The maximum atomic E-state index is 13.3. The van der Waals surface area contributed by atoms with Gasteiger partial charge in [0, 0.05) is 29.2 Å². The predicted molar refractivity (Wildman–Crippen MR) is 123 cm³/mol. The number of hydrogen-bond acceptors (Lipinski definition) is 4. The summed E-state index contributed by atoms with van der Waals surface area (Å²) in [5.41, 5.74) is 1.84. The lowest BCUT2D eigenvalue weighted by Gasteiger charge is -2.23. The molecule has 1 unspecified atom stereocenters. The van der Waals surface area contributed by atoms with Crippen LogP contribution in [-0.2, 0) is 13.2 Å². The normalized spacial score (nSPS) is 16.8. The van der Waals surface area contributed by atoms with E-state index < -0.39 is 0 Å². The highest BCUT2D eigenvalue weighted by Gasteiger charge is 2.22. The number of benzene rings is 2. The van der Waals surface area contributed by atoms with Crippen molar-refractivity contribution in [2.45, 2.75) is 45.9 Å². The molecule has 1 fully saturated rings. The summed E-state index contributed by atoms with van der Waals surface area (Å²) in [6.07, 6.45) is 2.54. The topological polar surface area (TPSA) is 33.7 Å².